The Balaban J connectivity index is 1.93. The van der Waals surface area contributed by atoms with Gasteiger partial charge in [-0.15, -0.1) is 0 Å². The predicted molar refractivity (Wildman–Crippen MR) is 123 cm³/mol. The summed E-state index contributed by atoms with van der Waals surface area (Å²) in [6, 6.07) is 23.3. The van der Waals surface area contributed by atoms with Gasteiger partial charge in [-0.1, -0.05) is 72.8 Å². The zero-order valence-electron chi connectivity index (χ0n) is 18.8. The molecule has 0 N–H and O–H groups in total. The van der Waals surface area contributed by atoms with Gasteiger partial charge in [-0.25, -0.2) is 22.0 Å². The molecule has 1 atom stereocenters. The van der Waals surface area contributed by atoms with E-state index in [0.29, 0.717) is 11.3 Å². The third-order valence-corrected chi connectivity index (χ3v) is 5.77. The van der Waals surface area contributed by atoms with E-state index in [1.54, 1.807) is 29.2 Å². The number of ether oxygens (including phenoxy) is 1. The minimum atomic E-state index is -2.19. The van der Waals surface area contributed by atoms with Gasteiger partial charge in [0.05, 0.1) is 18.7 Å². The fourth-order valence-electron chi connectivity index (χ4n) is 4.08. The maximum Gasteiger partial charge on any atom is 0.200 e. The van der Waals surface area contributed by atoms with Crippen molar-refractivity contribution < 1.29 is 26.7 Å². The lowest BCUT2D eigenvalue weighted by Gasteiger charge is -2.33. The van der Waals surface area contributed by atoms with Gasteiger partial charge in [0.25, 0.3) is 0 Å². The second kappa shape index (κ2) is 10.7. The number of rotatable bonds is 8. The van der Waals surface area contributed by atoms with Crippen molar-refractivity contribution in [2.24, 2.45) is 0 Å². The largest absolute Gasteiger partial charge is 0.497 e. The molecule has 0 aromatic heterocycles. The van der Waals surface area contributed by atoms with E-state index in [-0.39, 0.29) is 13.1 Å². The molecule has 0 aliphatic carbocycles. The molecule has 0 spiro atoms. The van der Waals surface area contributed by atoms with Crippen LogP contribution in [0.1, 0.15) is 28.3 Å². The molecular formula is C28H22F5NO. The fourth-order valence-corrected chi connectivity index (χ4v) is 4.08. The van der Waals surface area contributed by atoms with Crippen molar-refractivity contribution in [3.63, 3.8) is 0 Å². The van der Waals surface area contributed by atoms with Crippen molar-refractivity contribution in [1.82, 2.24) is 4.90 Å². The fraction of sp³-hybridized carbons (Fsp3) is 0.143. The molecule has 180 valence electrons. The van der Waals surface area contributed by atoms with Crippen LogP contribution in [0.2, 0.25) is 0 Å². The maximum absolute atomic E-state index is 15.1. The topological polar surface area (TPSA) is 12.5 Å². The maximum atomic E-state index is 15.1. The summed E-state index contributed by atoms with van der Waals surface area (Å²) >= 11 is 0. The van der Waals surface area contributed by atoms with Crippen molar-refractivity contribution in [3.8, 4) is 5.75 Å². The Morgan fingerprint density at radius 3 is 1.46 bits per heavy atom. The SMILES string of the molecule is COc1ccc(C(c2c(F)c(F)c(F)c(F)c2F)N(Cc2ccccc2)Cc2ccccc2)cc1. The van der Waals surface area contributed by atoms with E-state index < -0.39 is 40.7 Å². The molecule has 1 unspecified atom stereocenters. The lowest BCUT2D eigenvalue weighted by Crippen LogP contribution is -2.31. The van der Waals surface area contributed by atoms with E-state index >= 15 is 8.78 Å². The molecule has 35 heavy (non-hydrogen) atoms. The van der Waals surface area contributed by atoms with Crippen LogP contribution in [-0.4, -0.2) is 12.0 Å². The normalized spacial score (nSPS) is 12.1. The molecule has 0 saturated carbocycles. The first kappa shape index (κ1) is 24.4. The van der Waals surface area contributed by atoms with Crippen LogP contribution in [0.5, 0.6) is 5.75 Å². The van der Waals surface area contributed by atoms with Crippen LogP contribution in [0.4, 0.5) is 22.0 Å². The van der Waals surface area contributed by atoms with Crippen LogP contribution in [0.25, 0.3) is 0 Å². The smallest absolute Gasteiger partial charge is 0.200 e. The van der Waals surface area contributed by atoms with Crippen molar-refractivity contribution in [2.45, 2.75) is 19.1 Å². The highest BCUT2D eigenvalue weighted by atomic mass is 19.2. The molecule has 4 aromatic rings. The Hall–Kier alpha value is -3.71. The highest BCUT2D eigenvalue weighted by molar-refractivity contribution is 5.38. The van der Waals surface area contributed by atoms with Crippen LogP contribution in [0.3, 0.4) is 0 Å². The summed E-state index contributed by atoms with van der Waals surface area (Å²) in [4.78, 5) is 1.69. The van der Waals surface area contributed by atoms with E-state index in [0.717, 1.165) is 11.1 Å². The zero-order chi connectivity index (χ0) is 24.9. The van der Waals surface area contributed by atoms with Crippen molar-refractivity contribution in [3.05, 3.63) is 136 Å². The highest BCUT2D eigenvalue weighted by Gasteiger charge is 2.34. The van der Waals surface area contributed by atoms with Crippen LogP contribution < -0.4 is 4.74 Å². The highest BCUT2D eigenvalue weighted by Crippen LogP contribution is 2.37. The average Bonchev–Trinajstić information content (AvgIpc) is 2.90. The Kier molecular flexibility index (Phi) is 7.46. The van der Waals surface area contributed by atoms with Gasteiger partial charge in [0, 0.05) is 13.1 Å². The predicted octanol–water partition coefficient (Wildman–Crippen LogP) is 7.18. The van der Waals surface area contributed by atoms with E-state index in [1.807, 2.05) is 60.7 Å². The van der Waals surface area contributed by atoms with E-state index in [9.17, 15) is 13.2 Å². The number of benzene rings is 4. The monoisotopic (exact) mass is 483 g/mol. The molecular weight excluding hydrogens is 461 g/mol. The lowest BCUT2D eigenvalue weighted by atomic mass is 9.94. The first-order valence-corrected chi connectivity index (χ1v) is 10.9. The molecule has 0 aliphatic rings. The summed E-state index contributed by atoms with van der Waals surface area (Å²) in [5.41, 5.74) is 1.07. The Morgan fingerprint density at radius 2 is 1.03 bits per heavy atom. The third kappa shape index (κ3) is 5.20. The molecule has 0 aliphatic heterocycles. The molecule has 2 nitrogen and oxygen atoms in total. The quantitative estimate of drug-likeness (QED) is 0.150. The molecule has 4 aromatic carbocycles. The summed E-state index contributed by atoms with van der Waals surface area (Å²) in [6.45, 7) is 0.373. The van der Waals surface area contributed by atoms with E-state index in [1.165, 1.54) is 7.11 Å². The molecule has 0 amide bonds. The Bertz CT molecular complexity index is 1210. The van der Waals surface area contributed by atoms with Crippen LogP contribution in [0, 0.1) is 29.1 Å². The molecule has 7 heteroatoms. The average molecular weight is 483 g/mol. The summed E-state index contributed by atoms with van der Waals surface area (Å²) in [5, 5.41) is 0. The van der Waals surface area contributed by atoms with Gasteiger partial charge in [0.2, 0.25) is 5.82 Å². The molecule has 0 heterocycles. The molecule has 0 saturated heterocycles. The van der Waals surface area contributed by atoms with Crippen LogP contribution in [-0.2, 0) is 13.1 Å². The molecule has 0 bridgehead atoms. The van der Waals surface area contributed by atoms with Crippen molar-refractivity contribution in [1.29, 1.82) is 0 Å². The van der Waals surface area contributed by atoms with Gasteiger partial charge in [-0.3, -0.25) is 4.90 Å². The standard InChI is InChI=1S/C28H22F5NO/c1-35-21-14-12-20(13-15-21)28(22-23(29)25(31)27(33)26(32)24(22)30)34(16-18-8-4-2-5-9-18)17-19-10-6-3-7-11-19/h2-15,28H,16-17H2,1H3. The number of methoxy groups -OCH3 is 1. The summed E-state index contributed by atoms with van der Waals surface area (Å²) in [7, 11) is 1.47. The number of hydrogen-bond acceptors (Lipinski definition) is 2. The Labute approximate surface area is 200 Å². The minimum Gasteiger partial charge on any atom is -0.497 e. The Morgan fingerprint density at radius 1 is 0.600 bits per heavy atom. The van der Waals surface area contributed by atoms with Crippen LogP contribution in [0.15, 0.2) is 84.9 Å². The summed E-state index contributed by atoms with van der Waals surface area (Å²) < 4.78 is 78.0. The summed E-state index contributed by atoms with van der Waals surface area (Å²) in [6.07, 6.45) is 0. The number of hydrogen-bond donors (Lipinski definition) is 0. The van der Waals surface area contributed by atoms with E-state index in [4.69, 9.17) is 4.74 Å². The molecule has 0 fully saturated rings. The second-order valence-electron chi connectivity index (χ2n) is 8.04. The number of halogens is 5. The van der Waals surface area contributed by atoms with Crippen LogP contribution >= 0.6 is 0 Å². The number of nitrogens with zero attached hydrogens (tertiary/aromatic N) is 1. The second-order valence-corrected chi connectivity index (χ2v) is 8.04. The zero-order valence-corrected chi connectivity index (χ0v) is 18.8. The molecule has 4 rings (SSSR count). The molecule has 0 radical (unpaired) electrons. The first-order valence-electron chi connectivity index (χ1n) is 10.9. The van der Waals surface area contributed by atoms with Crippen molar-refractivity contribution in [2.75, 3.05) is 7.11 Å². The van der Waals surface area contributed by atoms with Gasteiger partial charge in [0.15, 0.2) is 23.3 Å². The first-order chi connectivity index (χ1) is 16.9. The van der Waals surface area contributed by atoms with Gasteiger partial charge in [-0.2, -0.15) is 0 Å². The van der Waals surface area contributed by atoms with Gasteiger partial charge >= 0.3 is 0 Å². The van der Waals surface area contributed by atoms with Gasteiger partial charge in [-0.05, 0) is 28.8 Å². The summed E-state index contributed by atoms with van der Waals surface area (Å²) in [5.74, 6) is -9.35. The minimum absolute atomic E-state index is 0.186. The van der Waals surface area contributed by atoms with Gasteiger partial charge < -0.3 is 4.74 Å². The third-order valence-electron chi connectivity index (χ3n) is 5.77. The lowest BCUT2D eigenvalue weighted by molar-refractivity contribution is 0.195. The van der Waals surface area contributed by atoms with E-state index in [2.05, 4.69) is 0 Å². The van der Waals surface area contributed by atoms with Crippen molar-refractivity contribution >= 4 is 0 Å². The van der Waals surface area contributed by atoms with Gasteiger partial charge in [0.1, 0.15) is 5.75 Å².